The first-order chi connectivity index (χ1) is 13.5. The van der Waals surface area contributed by atoms with E-state index in [0.717, 1.165) is 10.4 Å². The SMILES string of the molecule is C[C@@]1(c2cccc(C#N)c2)NC(=O)N(Cc2cn3ccccc3c2C#N)C1=O. The van der Waals surface area contributed by atoms with Gasteiger partial charge in [0, 0.05) is 18.0 Å². The standard InChI is InChI=1S/C21H15N5O2/c1-21(16-6-4-5-14(9-16)10-22)19(27)26(20(28)24-21)13-15-12-25-8-3-2-7-18(25)17(15)11-23/h2-9,12H,13H2,1H3,(H,24,28)/t21-/m0/s1. The van der Waals surface area contributed by atoms with Crippen LogP contribution < -0.4 is 5.32 Å². The van der Waals surface area contributed by atoms with E-state index in [4.69, 9.17) is 5.26 Å². The second-order valence-corrected chi connectivity index (χ2v) is 6.77. The van der Waals surface area contributed by atoms with Gasteiger partial charge in [-0.15, -0.1) is 0 Å². The van der Waals surface area contributed by atoms with Crippen LogP contribution in [0.1, 0.15) is 29.2 Å². The summed E-state index contributed by atoms with van der Waals surface area (Å²) in [6, 6.07) is 15.8. The fraction of sp³-hybridized carbons (Fsp3) is 0.143. The number of benzene rings is 1. The monoisotopic (exact) mass is 369 g/mol. The lowest BCUT2D eigenvalue weighted by atomic mass is 9.91. The summed E-state index contributed by atoms with van der Waals surface area (Å²) < 4.78 is 1.79. The summed E-state index contributed by atoms with van der Waals surface area (Å²) in [5.74, 6) is -0.424. The molecule has 0 aliphatic carbocycles. The molecule has 0 saturated carbocycles. The molecule has 1 fully saturated rings. The Bertz CT molecular complexity index is 1210. The van der Waals surface area contributed by atoms with Gasteiger partial charge in [0.05, 0.1) is 29.3 Å². The Labute approximate surface area is 161 Å². The Balaban J connectivity index is 1.71. The van der Waals surface area contributed by atoms with Gasteiger partial charge in [-0.05, 0) is 36.8 Å². The summed E-state index contributed by atoms with van der Waals surface area (Å²) >= 11 is 0. The minimum absolute atomic E-state index is 0.0111. The number of fused-ring (bicyclic) bond motifs is 1. The molecule has 1 atom stereocenters. The summed E-state index contributed by atoms with van der Waals surface area (Å²) in [5.41, 5.74) is 1.42. The van der Waals surface area contributed by atoms with E-state index in [0.29, 0.717) is 22.3 Å². The van der Waals surface area contributed by atoms with Gasteiger partial charge < -0.3 is 9.72 Å². The first-order valence-corrected chi connectivity index (χ1v) is 8.61. The molecule has 0 spiro atoms. The Morgan fingerprint density at radius 2 is 1.93 bits per heavy atom. The molecule has 136 valence electrons. The highest BCUT2D eigenvalue weighted by Gasteiger charge is 2.49. The van der Waals surface area contributed by atoms with Crippen LogP contribution >= 0.6 is 0 Å². The number of nitrogens with one attached hydrogen (secondary N) is 1. The number of carbonyl (C=O) groups excluding carboxylic acids is 2. The molecule has 1 aliphatic rings. The van der Waals surface area contributed by atoms with Crippen LogP contribution in [0, 0.1) is 22.7 Å². The summed E-state index contributed by atoms with van der Waals surface area (Å²) in [6.45, 7) is 1.61. The highest BCUT2D eigenvalue weighted by molar-refractivity contribution is 6.07. The smallest absolute Gasteiger partial charge is 0.322 e. The number of hydrogen-bond donors (Lipinski definition) is 1. The maximum Gasteiger partial charge on any atom is 0.325 e. The average molecular weight is 369 g/mol. The topological polar surface area (TPSA) is 101 Å². The van der Waals surface area contributed by atoms with Crippen molar-refractivity contribution in [2.24, 2.45) is 0 Å². The number of nitrogens with zero attached hydrogens (tertiary/aromatic N) is 4. The maximum atomic E-state index is 13.1. The Hall–Kier alpha value is -4.10. The largest absolute Gasteiger partial charge is 0.325 e. The molecule has 3 amide bonds. The zero-order valence-electron chi connectivity index (χ0n) is 15.0. The molecule has 1 N–H and O–H groups in total. The number of carbonyl (C=O) groups is 2. The summed E-state index contributed by atoms with van der Waals surface area (Å²) in [4.78, 5) is 26.8. The van der Waals surface area contributed by atoms with Gasteiger partial charge in [-0.3, -0.25) is 9.69 Å². The average Bonchev–Trinajstić information content (AvgIpc) is 3.18. The zero-order valence-corrected chi connectivity index (χ0v) is 15.0. The maximum absolute atomic E-state index is 13.1. The second kappa shape index (κ2) is 6.26. The van der Waals surface area contributed by atoms with E-state index in [-0.39, 0.29) is 6.54 Å². The van der Waals surface area contributed by atoms with Crippen molar-refractivity contribution in [2.75, 3.05) is 0 Å². The normalized spacial score (nSPS) is 18.8. The molecule has 28 heavy (non-hydrogen) atoms. The number of rotatable bonds is 3. The summed E-state index contributed by atoms with van der Waals surface area (Å²) in [6.07, 6.45) is 3.56. The van der Waals surface area contributed by atoms with E-state index in [1.54, 1.807) is 41.8 Å². The minimum atomic E-state index is -1.27. The molecule has 1 aliphatic heterocycles. The van der Waals surface area contributed by atoms with Crippen molar-refractivity contribution in [3.05, 3.63) is 77.1 Å². The minimum Gasteiger partial charge on any atom is -0.322 e. The highest BCUT2D eigenvalue weighted by atomic mass is 16.2. The number of urea groups is 1. The Kier molecular flexibility index (Phi) is 3.87. The zero-order chi connectivity index (χ0) is 19.9. The lowest BCUT2D eigenvalue weighted by molar-refractivity contribution is -0.131. The molecule has 7 heteroatoms. The molecule has 4 rings (SSSR count). The molecule has 3 heterocycles. The van der Waals surface area contributed by atoms with Gasteiger partial charge in [0.2, 0.25) is 0 Å². The molecule has 0 unspecified atom stereocenters. The second-order valence-electron chi connectivity index (χ2n) is 6.77. The number of imide groups is 1. The van der Waals surface area contributed by atoms with Gasteiger partial charge in [-0.1, -0.05) is 18.2 Å². The quantitative estimate of drug-likeness (QED) is 0.717. The third-order valence-electron chi connectivity index (χ3n) is 5.05. The summed E-state index contributed by atoms with van der Waals surface area (Å²) in [5, 5.41) is 21.4. The van der Waals surface area contributed by atoms with Gasteiger partial charge in [-0.25, -0.2) is 4.79 Å². The molecular weight excluding hydrogens is 354 g/mol. The Morgan fingerprint density at radius 1 is 1.11 bits per heavy atom. The van der Waals surface area contributed by atoms with E-state index in [1.807, 2.05) is 30.5 Å². The van der Waals surface area contributed by atoms with E-state index >= 15 is 0 Å². The molecule has 0 radical (unpaired) electrons. The van der Waals surface area contributed by atoms with Crippen molar-refractivity contribution >= 4 is 17.5 Å². The summed E-state index contributed by atoms with van der Waals surface area (Å²) in [7, 11) is 0. The first kappa shape index (κ1) is 17.3. The van der Waals surface area contributed by atoms with Crippen LogP contribution in [-0.4, -0.2) is 21.2 Å². The predicted molar refractivity (Wildman–Crippen MR) is 99.7 cm³/mol. The fourth-order valence-electron chi connectivity index (χ4n) is 3.53. The van der Waals surface area contributed by atoms with Crippen molar-refractivity contribution in [2.45, 2.75) is 19.0 Å². The molecule has 3 aromatic rings. The van der Waals surface area contributed by atoms with Gasteiger partial charge in [-0.2, -0.15) is 10.5 Å². The van der Waals surface area contributed by atoms with Crippen LogP contribution in [0.5, 0.6) is 0 Å². The molecular formula is C21H15N5O2. The van der Waals surface area contributed by atoms with Crippen LogP contribution in [0.4, 0.5) is 4.79 Å². The number of hydrogen-bond acceptors (Lipinski definition) is 4. The first-order valence-electron chi connectivity index (χ1n) is 8.61. The van der Waals surface area contributed by atoms with Gasteiger partial charge in [0.25, 0.3) is 5.91 Å². The van der Waals surface area contributed by atoms with E-state index in [1.165, 1.54) is 0 Å². The third kappa shape index (κ3) is 2.50. The van der Waals surface area contributed by atoms with Crippen molar-refractivity contribution in [1.82, 2.24) is 14.6 Å². The lowest BCUT2D eigenvalue weighted by Gasteiger charge is -2.22. The van der Waals surface area contributed by atoms with E-state index in [9.17, 15) is 14.9 Å². The van der Waals surface area contributed by atoms with Gasteiger partial charge in [0.15, 0.2) is 0 Å². The molecule has 0 bridgehead atoms. The fourth-order valence-corrected chi connectivity index (χ4v) is 3.53. The molecule has 2 aromatic heterocycles. The Morgan fingerprint density at radius 3 is 2.68 bits per heavy atom. The lowest BCUT2D eigenvalue weighted by Crippen LogP contribution is -2.40. The van der Waals surface area contributed by atoms with E-state index < -0.39 is 17.5 Å². The van der Waals surface area contributed by atoms with Crippen LogP contribution in [0.2, 0.25) is 0 Å². The number of amides is 3. The van der Waals surface area contributed by atoms with E-state index in [2.05, 4.69) is 11.4 Å². The van der Waals surface area contributed by atoms with Gasteiger partial charge in [0.1, 0.15) is 11.6 Å². The van der Waals surface area contributed by atoms with Crippen molar-refractivity contribution in [3.63, 3.8) is 0 Å². The molecule has 1 saturated heterocycles. The van der Waals surface area contributed by atoms with Gasteiger partial charge >= 0.3 is 6.03 Å². The molecule has 1 aromatic carbocycles. The van der Waals surface area contributed by atoms with Crippen LogP contribution in [-0.2, 0) is 16.9 Å². The number of pyridine rings is 1. The molecule has 7 nitrogen and oxygen atoms in total. The van der Waals surface area contributed by atoms with Crippen LogP contribution in [0.15, 0.2) is 54.9 Å². The highest BCUT2D eigenvalue weighted by Crippen LogP contribution is 2.31. The third-order valence-corrected chi connectivity index (χ3v) is 5.05. The van der Waals surface area contributed by atoms with Crippen molar-refractivity contribution in [1.29, 1.82) is 10.5 Å². The number of nitriles is 2. The number of aromatic nitrogens is 1. The van der Waals surface area contributed by atoms with Crippen LogP contribution in [0.3, 0.4) is 0 Å². The van der Waals surface area contributed by atoms with Crippen molar-refractivity contribution < 1.29 is 9.59 Å². The van der Waals surface area contributed by atoms with Crippen LogP contribution in [0.25, 0.3) is 5.52 Å². The van der Waals surface area contributed by atoms with Crippen molar-refractivity contribution in [3.8, 4) is 12.1 Å². The predicted octanol–water partition coefficient (Wildman–Crippen LogP) is 2.65.